The molecule has 1 aromatic carbocycles. The van der Waals surface area contributed by atoms with E-state index in [-0.39, 0.29) is 35.1 Å². The first-order valence-electron chi connectivity index (χ1n) is 10.4. The first kappa shape index (κ1) is 16.6. The second kappa shape index (κ2) is 4.98. The molecule has 2 aliphatic heterocycles. The molecule has 1 aromatic rings. The van der Waals surface area contributed by atoms with Crippen LogP contribution in [-0.2, 0) is 11.8 Å². The van der Waals surface area contributed by atoms with Crippen LogP contribution in [0.5, 0.6) is 11.5 Å². The Morgan fingerprint density at radius 1 is 1.22 bits per heavy atom. The lowest BCUT2D eigenvalue weighted by atomic mass is 9.47. The van der Waals surface area contributed by atoms with Crippen molar-refractivity contribution in [2.45, 2.75) is 61.7 Å². The summed E-state index contributed by atoms with van der Waals surface area (Å²) in [7, 11) is 0. The van der Waals surface area contributed by atoms with Gasteiger partial charge in [-0.05, 0) is 37.3 Å². The van der Waals surface area contributed by atoms with Crippen LogP contribution in [0.25, 0.3) is 0 Å². The molecule has 6 atom stereocenters. The van der Waals surface area contributed by atoms with Crippen LogP contribution in [-0.4, -0.2) is 57.4 Å². The van der Waals surface area contributed by atoms with Crippen LogP contribution in [0.1, 0.15) is 43.2 Å². The number of piperidine rings is 1. The van der Waals surface area contributed by atoms with Gasteiger partial charge in [0.2, 0.25) is 0 Å². The molecule has 3 N–H and O–H groups in total. The number of phenols is 1. The van der Waals surface area contributed by atoms with E-state index in [1.807, 2.05) is 6.07 Å². The van der Waals surface area contributed by atoms with Crippen molar-refractivity contribution in [3.8, 4) is 11.5 Å². The minimum atomic E-state index is -1.13. The number of ether oxygens (including phenoxy) is 1. The molecule has 2 saturated carbocycles. The Morgan fingerprint density at radius 3 is 2.78 bits per heavy atom. The third-order valence-corrected chi connectivity index (χ3v) is 8.41. The number of benzene rings is 1. The van der Waals surface area contributed by atoms with Crippen LogP contribution < -0.4 is 4.74 Å². The lowest BCUT2D eigenvalue weighted by Gasteiger charge is -2.68. The van der Waals surface area contributed by atoms with E-state index in [0.717, 1.165) is 24.0 Å². The Bertz CT molecular complexity index is 825. The SMILES string of the molecule is [O-][N+]1(CC2CC2)CC[C@]23c4c5ccc(O)c4O[C@H]2[C@@H](CO)CCC3(O)[C@H]1C5. The highest BCUT2D eigenvalue weighted by molar-refractivity contribution is 5.62. The highest BCUT2D eigenvalue weighted by Gasteiger charge is 2.75. The van der Waals surface area contributed by atoms with Crippen LogP contribution >= 0.6 is 0 Å². The number of nitrogens with zero attached hydrogens (tertiary/aromatic N) is 1. The number of hydroxylamine groups is 3. The summed E-state index contributed by atoms with van der Waals surface area (Å²) in [5, 5.41) is 46.5. The summed E-state index contributed by atoms with van der Waals surface area (Å²) in [5.74, 6) is 0.990. The second-order valence-electron chi connectivity index (χ2n) is 9.64. The van der Waals surface area contributed by atoms with Gasteiger partial charge < -0.3 is 29.9 Å². The first-order chi connectivity index (χ1) is 12.9. The maximum atomic E-state index is 14.0. The number of likely N-dealkylation sites (tertiary alicyclic amines) is 1. The average Bonchev–Trinajstić information content (AvgIpc) is 3.37. The van der Waals surface area contributed by atoms with E-state index in [0.29, 0.717) is 50.4 Å². The average molecular weight is 373 g/mol. The van der Waals surface area contributed by atoms with Crippen LogP contribution in [0.15, 0.2) is 12.1 Å². The van der Waals surface area contributed by atoms with Crippen LogP contribution in [0.4, 0.5) is 0 Å². The minimum absolute atomic E-state index is 0.00328. The van der Waals surface area contributed by atoms with Crippen LogP contribution in [0, 0.1) is 17.0 Å². The quantitative estimate of drug-likeness (QED) is 0.553. The number of phenolic OH excluding ortho intramolecular Hbond substituents is 1. The predicted octanol–water partition coefficient (Wildman–Crippen LogP) is 1.58. The number of aliphatic hydroxyl groups excluding tert-OH is 1. The van der Waals surface area contributed by atoms with Gasteiger partial charge >= 0.3 is 0 Å². The fourth-order valence-electron chi connectivity index (χ4n) is 7.05. The Balaban J connectivity index is 1.58. The van der Waals surface area contributed by atoms with Crippen LogP contribution in [0.2, 0.25) is 0 Å². The van der Waals surface area contributed by atoms with Gasteiger partial charge in [0.25, 0.3) is 0 Å². The molecule has 146 valence electrons. The zero-order valence-electron chi connectivity index (χ0n) is 15.4. The highest BCUT2D eigenvalue weighted by Crippen LogP contribution is 2.67. The van der Waals surface area contributed by atoms with Gasteiger partial charge in [0.15, 0.2) is 11.5 Å². The molecule has 27 heavy (non-hydrogen) atoms. The predicted molar refractivity (Wildman–Crippen MR) is 97.2 cm³/mol. The fraction of sp³-hybridized carbons (Fsp3) is 0.714. The summed E-state index contributed by atoms with van der Waals surface area (Å²) >= 11 is 0. The van der Waals surface area contributed by atoms with E-state index in [1.54, 1.807) is 6.07 Å². The van der Waals surface area contributed by atoms with Gasteiger partial charge in [0.1, 0.15) is 17.7 Å². The maximum Gasteiger partial charge on any atom is 0.165 e. The van der Waals surface area contributed by atoms with E-state index in [2.05, 4.69) is 0 Å². The molecule has 3 aliphatic carbocycles. The largest absolute Gasteiger partial charge is 0.632 e. The molecule has 0 radical (unpaired) electrons. The molecule has 5 aliphatic rings. The summed E-state index contributed by atoms with van der Waals surface area (Å²) in [6.45, 7) is 1.09. The van der Waals surface area contributed by atoms with E-state index >= 15 is 0 Å². The van der Waals surface area contributed by atoms with Crippen LogP contribution in [0.3, 0.4) is 0 Å². The third kappa shape index (κ3) is 1.81. The Kier molecular flexibility index (Phi) is 3.06. The number of hydrogen-bond acceptors (Lipinski definition) is 5. The number of aromatic hydroxyl groups is 1. The third-order valence-electron chi connectivity index (χ3n) is 8.41. The lowest BCUT2D eigenvalue weighted by Crippen LogP contribution is -2.80. The Hall–Kier alpha value is -1.34. The van der Waals surface area contributed by atoms with Gasteiger partial charge in [0.05, 0.1) is 18.5 Å². The van der Waals surface area contributed by atoms with Gasteiger partial charge in [-0.2, -0.15) is 0 Å². The molecular weight excluding hydrogens is 346 g/mol. The summed E-state index contributed by atoms with van der Waals surface area (Å²) in [6, 6.07) is 3.17. The zero-order chi connectivity index (χ0) is 18.6. The van der Waals surface area contributed by atoms with Gasteiger partial charge in [-0.1, -0.05) is 6.07 Å². The van der Waals surface area contributed by atoms with Crippen molar-refractivity contribution in [2.24, 2.45) is 11.8 Å². The second-order valence-corrected chi connectivity index (χ2v) is 9.64. The summed E-state index contributed by atoms with van der Waals surface area (Å²) in [5.41, 5.74) is 0.139. The molecule has 6 heteroatoms. The van der Waals surface area contributed by atoms with Crippen molar-refractivity contribution < 1.29 is 24.7 Å². The molecule has 2 heterocycles. The molecule has 1 saturated heterocycles. The standard InChI is InChI=1S/C21H27NO5/c23-11-14-5-6-21(25)16-9-13-3-4-15(24)18-17(13)20(21,19(14)27-18)7-8-22(16,26)10-12-1-2-12/h3-4,12,14,16,19,23-25H,1-2,5-11H2/t14-,16-,19+,20+,21?,22?/m1/s1. The molecule has 0 aromatic heterocycles. The van der Waals surface area contributed by atoms with Gasteiger partial charge in [0, 0.05) is 36.8 Å². The molecular formula is C21H27NO5. The fourth-order valence-corrected chi connectivity index (χ4v) is 7.05. The molecule has 1 spiro atoms. The topological polar surface area (TPSA) is 93.0 Å². The molecule has 0 amide bonds. The normalized spacial score (nSPS) is 46.7. The van der Waals surface area contributed by atoms with Crippen molar-refractivity contribution in [2.75, 3.05) is 19.7 Å². The van der Waals surface area contributed by atoms with Gasteiger partial charge in [-0.15, -0.1) is 0 Å². The smallest absolute Gasteiger partial charge is 0.165 e. The Labute approximate surface area is 158 Å². The van der Waals surface area contributed by atoms with Crippen molar-refractivity contribution in [3.05, 3.63) is 28.5 Å². The molecule has 6 rings (SSSR count). The molecule has 6 nitrogen and oxygen atoms in total. The van der Waals surface area contributed by atoms with Gasteiger partial charge in [-0.3, -0.25) is 0 Å². The van der Waals surface area contributed by atoms with Crippen molar-refractivity contribution in [1.82, 2.24) is 0 Å². The first-order valence-corrected chi connectivity index (χ1v) is 10.4. The highest BCUT2D eigenvalue weighted by atomic mass is 16.6. The van der Waals surface area contributed by atoms with Crippen molar-refractivity contribution >= 4 is 0 Å². The molecule has 2 unspecified atom stereocenters. The van der Waals surface area contributed by atoms with Crippen molar-refractivity contribution in [1.29, 1.82) is 0 Å². The maximum absolute atomic E-state index is 14.0. The summed E-state index contributed by atoms with van der Waals surface area (Å²) in [6.07, 6.45) is 4.14. The van der Waals surface area contributed by atoms with E-state index in [4.69, 9.17) is 4.74 Å². The number of aliphatic hydroxyl groups is 2. The molecule has 2 bridgehead atoms. The summed E-state index contributed by atoms with van der Waals surface area (Å²) < 4.78 is 5.96. The number of quaternary nitrogens is 1. The number of hydrogen-bond donors (Lipinski definition) is 3. The van der Waals surface area contributed by atoms with Gasteiger partial charge in [-0.25, -0.2) is 0 Å². The minimum Gasteiger partial charge on any atom is -0.632 e. The van der Waals surface area contributed by atoms with E-state index in [9.17, 15) is 20.5 Å². The summed E-state index contributed by atoms with van der Waals surface area (Å²) in [4.78, 5) is 0. The monoisotopic (exact) mass is 373 g/mol. The van der Waals surface area contributed by atoms with E-state index in [1.165, 1.54) is 0 Å². The van der Waals surface area contributed by atoms with Crippen molar-refractivity contribution in [3.63, 3.8) is 0 Å². The number of rotatable bonds is 3. The van der Waals surface area contributed by atoms with E-state index < -0.39 is 11.0 Å². The zero-order valence-corrected chi connectivity index (χ0v) is 15.4. The lowest BCUT2D eigenvalue weighted by molar-refractivity contribution is -0.924. The Morgan fingerprint density at radius 2 is 2.04 bits per heavy atom. The molecule has 3 fully saturated rings.